The van der Waals surface area contributed by atoms with Crippen LogP contribution in [0.3, 0.4) is 0 Å². The molecule has 0 radical (unpaired) electrons. The van der Waals surface area contributed by atoms with E-state index in [0.717, 1.165) is 6.07 Å². The summed E-state index contributed by atoms with van der Waals surface area (Å²) in [6.45, 7) is 1.12. The van der Waals surface area contributed by atoms with Gasteiger partial charge in [0, 0.05) is 35.6 Å². The highest BCUT2D eigenvalue weighted by atomic mass is 35.5. The maximum Gasteiger partial charge on any atom is 0.257 e. The fourth-order valence-corrected chi connectivity index (χ4v) is 4.86. The first-order valence-corrected chi connectivity index (χ1v) is 12.6. The lowest BCUT2D eigenvalue weighted by Crippen LogP contribution is -2.48. The summed E-state index contributed by atoms with van der Waals surface area (Å²) in [6, 6.07) is 13.9. The average Bonchev–Trinajstić information content (AvgIpc) is 3.48. The molecule has 1 aliphatic heterocycles. The van der Waals surface area contributed by atoms with Gasteiger partial charge in [-0.25, -0.2) is 9.37 Å². The first-order chi connectivity index (χ1) is 19.1. The molecule has 0 saturated carbocycles. The monoisotopic (exact) mass is 559 g/mol. The normalized spacial score (nSPS) is 17.0. The van der Waals surface area contributed by atoms with Gasteiger partial charge in [0.15, 0.2) is 5.72 Å². The summed E-state index contributed by atoms with van der Waals surface area (Å²) < 4.78 is 24.1. The number of amides is 1. The molecule has 11 heteroatoms. The number of nitriles is 1. The minimum absolute atomic E-state index is 0.0535. The molecule has 0 spiro atoms. The Morgan fingerprint density at radius 2 is 1.98 bits per heavy atom. The number of rotatable bonds is 8. The average molecular weight is 560 g/mol. The van der Waals surface area contributed by atoms with E-state index < -0.39 is 29.3 Å². The van der Waals surface area contributed by atoms with E-state index in [1.165, 1.54) is 36.6 Å². The molecule has 1 amide bonds. The van der Waals surface area contributed by atoms with Gasteiger partial charge in [-0.3, -0.25) is 19.5 Å². The molecule has 2 aromatic heterocycles. The van der Waals surface area contributed by atoms with Gasteiger partial charge in [0.1, 0.15) is 17.6 Å². The number of imidazole rings is 1. The molecular formula is C29H23ClFN5O4. The molecule has 5 rings (SSSR count). The van der Waals surface area contributed by atoms with Gasteiger partial charge in [-0.2, -0.15) is 5.26 Å². The van der Waals surface area contributed by atoms with E-state index in [9.17, 15) is 14.7 Å². The predicted octanol–water partition coefficient (Wildman–Crippen LogP) is 3.96. The van der Waals surface area contributed by atoms with Crippen molar-refractivity contribution in [2.45, 2.75) is 25.3 Å². The number of ether oxygens (including phenoxy) is 1. The molecule has 40 heavy (non-hydrogen) atoms. The van der Waals surface area contributed by atoms with Crippen molar-refractivity contribution in [3.8, 4) is 6.07 Å². The van der Waals surface area contributed by atoms with Gasteiger partial charge in [-0.15, -0.1) is 0 Å². The first-order valence-electron chi connectivity index (χ1n) is 12.3. The third-order valence-corrected chi connectivity index (χ3v) is 6.78. The number of pyridine rings is 1. The first kappa shape index (κ1) is 27.1. The number of carbonyl (C=O) groups excluding carboxylic acids is 2. The summed E-state index contributed by atoms with van der Waals surface area (Å²) in [5, 5.41) is 19.7. The number of aryl methyl sites for hydroxylation is 1. The topological polar surface area (TPSA) is 121 Å². The number of fused-ring (bicyclic) bond motifs is 1. The van der Waals surface area contributed by atoms with Crippen LogP contribution in [0.25, 0.3) is 0 Å². The Kier molecular flexibility index (Phi) is 7.21. The van der Waals surface area contributed by atoms with E-state index in [0.29, 0.717) is 21.8 Å². The highest BCUT2D eigenvalue weighted by Crippen LogP contribution is 2.48. The van der Waals surface area contributed by atoms with Crippen molar-refractivity contribution in [2.24, 2.45) is 7.05 Å². The molecule has 202 valence electrons. The van der Waals surface area contributed by atoms with E-state index in [1.54, 1.807) is 48.0 Å². The second-order valence-corrected chi connectivity index (χ2v) is 9.92. The zero-order chi connectivity index (χ0) is 28.6. The summed E-state index contributed by atoms with van der Waals surface area (Å²) in [7, 11) is 1.70. The number of hydrogen-bond donors (Lipinski definition) is 1. The number of carbonyl (C=O) groups is 2. The summed E-state index contributed by atoms with van der Waals surface area (Å²) in [5.41, 5.74) is -0.856. The van der Waals surface area contributed by atoms with Crippen LogP contribution in [-0.2, 0) is 24.1 Å². The van der Waals surface area contributed by atoms with Gasteiger partial charge in [-0.1, -0.05) is 23.7 Å². The molecule has 0 bridgehead atoms. The molecule has 2 atom stereocenters. The Labute approximate surface area is 234 Å². The molecule has 9 nitrogen and oxygen atoms in total. The fraction of sp³-hybridized carbons (Fsp3) is 0.207. The Bertz CT molecular complexity index is 1650. The maximum absolute atomic E-state index is 16.2. The lowest BCUT2D eigenvalue weighted by Gasteiger charge is -2.39. The van der Waals surface area contributed by atoms with Crippen LogP contribution in [0.15, 0.2) is 67.3 Å². The van der Waals surface area contributed by atoms with Crippen molar-refractivity contribution < 1.29 is 23.8 Å². The number of aliphatic hydroxyl groups excluding tert-OH is 1. The second kappa shape index (κ2) is 10.6. The van der Waals surface area contributed by atoms with Crippen LogP contribution in [-0.4, -0.2) is 48.9 Å². The van der Waals surface area contributed by atoms with Crippen LogP contribution in [0.1, 0.15) is 55.7 Å². The van der Waals surface area contributed by atoms with E-state index >= 15 is 4.39 Å². The summed E-state index contributed by atoms with van der Waals surface area (Å²) in [5.74, 6) is -2.01. The number of hydrogen-bond acceptors (Lipinski definition) is 7. The molecule has 1 N–H and O–H groups in total. The SMILES string of the molecule is C[C@@H](O)CO[C@]1(c2ccc(Cl)cc2)c2c(F)cc(C(=O)c3cn(C)cn3)cc2C(=O)N1Cc1ccc(C#N)cn1. The highest BCUT2D eigenvalue weighted by molar-refractivity contribution is 6.30. The third-order valence-electron chi connectivity index (χ3n) is 6.53. The van der Waals surface area contributed by atoms with Crippen molar-refractivity contribution in [2.75, 3.05) is 6.61 Å². The van der Waals surface area contributed by atoms with Crippen molar-refractivity contribution >= 4 is 23.3 Å². The molecule has 3 heterocycles. The fourth-order valence-electron chi connectivity index (χ4n) is 4.73. The molecule has 1 aliphatic rings. The number of aromatic nitrogens is 3. The zero-order valence-electron chi connectivity index (χ0n) is 21.5. The lowest BCUT2D eigenvalue weighted by atomic mass is 9.91. The smallest absolute Gasteiger partial charge is 0.257 e. The zero-order valence-corrected chi connectivity index (χ0v) is 22.3. The van der Waals surface area contributed by atoms with Gasteiger partial charge in [-0.05, 0) is 43.3 Å². The van der Waals surface area contributed by atoms with Gasteiger partial charge >= 0.3 is 0 Å². The summed E-state index contributed by atoms with van der Waals surface area (Å²) in [6.07, 6.45) is 3.37. The second-order valence-electron chi connectivity index (χ2n) is 9.49. The van der Waals surface area contributed by atoms with Crippen molar-refractivity contribution in [3.63, 3.8) is 0 Å². The Morgan fingerprint density at radius 1 is 1.23 bits per heavy atom. The van der Waals surface area contributed by atoms with Crippen LogP contribution in [0, 0.1) is 17.1 Å². The number of nitrogens with zero attached hydrogens (tertiary/aromatic N) is 5. The van der Waals surface area contributed by atoms with Crippen LogP contribution in [0.5, 0.6) is 0 Å². The van der Waals surface area contributed by atoms with Crippen molar-refractivity contribution in [1.29, 1.82) is 5.26 Å². The van der Waals surface area contributed by atoms with Crippen LogP contribution < -0.4 is 0 Å². The minimum atomic E-state index is -1.83. The maximum atomic E-state index is 16.2. The Hall–Kier alpha value is -4.43. The molecule has 2 aromatic carbocycles. The minimum Gasteiger partial charge on any atom is -0.391 e. The lowest BCUT2D eigenvalue weighted by molar-refractivity contribution is -0.132. The highest BCUT2D eigenvalue weighted by Gasteiger charge is 2.54. The quantitative estimate of drug-likeness (QED) is 0.324. The van der Waals surface area contributed by atoms with Gasteiger partial charge in [0.05, 0.1) is 48.0 Å². The van der Waals surface area contributed by atoms with Crippen LogP contribution >= 0.6 is 11.6 Å². The van der Waals surface area contributed by atoms with Gasteiger partial charge < -0.3 is 14.4 Å². The number of benzene rings is 2. The van der Waals surface area contributed by atoms with Crippen molar-refractivity contribution in [3.05, 3.63) is 117 Å². The molecule has 0 unspecified atom stereocenters. The van der Waals surface area contributed by atoms with E-state index in [-0.39, 0.29) is 35.5 Å². The summed E-state index contributed by atoms with van der Waals surface area (Å²) in [4.78, 5) is 36.9. The largest absolute Gasteiger partial charge is 0.391 e. The van der Waals surface area contributed by atoms with Crippen LogP contribution in [0.2, 0.25) is 5.02 Å². The molecule has 4 aromatic rings. The van der Waals surface area contributed by atoms with E-state index in [2.05, 4.69) is 9.97 Å². The molecular weight excluding hydrogens is 537 g/mol. The van der Waals surface area contributed by atoms with E-state index in [4.69, 9.17) is 21.6 Å². The predicted molar refractivity (Wildman–Crippen MR) is 142 cm³/mol. The molecule has 0 aliphatic carbocycles. The van der Waals surface area contributed by atoms with Gasteiger partial charge in [0.25, 0.3) is 5.91 Å². The van der Waals surface area contributed by atoms with E-state index in [1.807, 2.05) is 6.07 Å². The Balaban J connectivity index is 1.72. The van der Waals surface area contributed by atoms with Crippen LogP contribution in [0.4, 0.5) is 4.39 Å². The number of halogens is 2. The number of aliphatic hydroxyl groups is 1. The molecule has 0 saturated heterocycles. The Morgan fingerprint density at radius 3 is 2.58 bits per heavy atom. The van der Waals surface area contributed by atoms with Crippen molar-refractivity contribution in [1.82, 2.24) is 19.4 Å². The third kappa shape index (κ3) is 4.75. The standard InChI is InChI=1S/C29H23ClFN5O4/c1-17(37)15-40-29(20-4-6-21(30)7-5-20)26-23(28(39)36(29)13-22-8-3-18(11-32)12-33-22)9-19(10-24(26)31)27(38)25-14-35(2)16-34-25/h3-10,12,14,16-17,37H,13,15H2,1-2H3/t17-,29-/m1/s1. The molecule has 0 fully saturated rings. The summed E-state index contributed by atoms with van der Waals surface area (Å²) >= 11 is 6.14. The number of ketones is 1. The van der Waals surface area contributed by atoms with Gasteiger partial charge in [0.2, 0.25) is 5.78 Å².